The van der Waals surface area contributed by atoms with E-state index in [0.29, 0.717) is 36.9 Å². The van der Waals surface area contributed by atoms with Crippen LogP contribution in [0.15, 0.2) is 35.2 Å². The lowest BCUT2D eigenvalue weighted by atomic mass is 9.95. The number of sulfonamides is 1. The van der Waals surface area contributed by atoms with Crippen LogP contribution in [0.4, 0.5) is 14.6 Å². The molecule has 3 heterocycles. The van der Waals surface area contributed by atoms with Crippen molar-refractivity contribution in [1.29, 1.82) is 0 Å². The number of hydrogen-bond acceptors (Lipinski definition) is 6. The van der Waals surface area contributed by atoms with Crippen molar-refractivity contribution in [2.45, 2.75) is 17.7 Å². The van der Waals surface area contributed by atoms with Gasteiger partial charge in [0.05, 0.1) is 0 Å². The average Bonchev–Trinajstić information content (AvgIpc) is 2.79. The number of benzene rings is 1. The van der Waals surface area contributed by atoms with Crippen molar-refractivity contribution in [3.05, 3.63) is 47.1 Å². The summed E-state index contributed by atoms with van der Waals surface area (Å²) in [5.74, 6) is -1.74. The van der Waals surface area contributed by atoms with E-state index in [9.17, 15) is 22.0 Å². The monoisotopic (exact) mass is 485 g/mol. The van der Waals surface area contributed by atoms with E-state index in [0.717, 1.165) is 22.5 Å². The van der Waals surface area contributed by atoms with Crippen LogP contribution < -0.4 is 4.90 Å². The second-order valence-corrected chi connectivity index (χ2v) is 10.0. The van der Waals surface area contributed by atoms with Crippen LogP contribution in [0.3, 0.4) is 0 Å². The van der Waals surface area contributed by atoms with Crippen LogP contribution in [0.2, 0.25) is 5.15 Å². The van der Waals surface area contributed by atoms with E-state index in [-0.39, 0.29) is 38.0 Å². The predicted molar refractivity (Wildman–Crippen MR) is 114 cm³/mol. The summed E-state index contributed by atoms with van der Waals surface area (Å²) in [6, 6.07) is 6.40. The summed E-state index contributed by atoms with van der Waals surface area (Å²) in [6.45, 7) is 1.62. The SMILES string of the molecule is O=C(C1CCN(c2ccc(Cl)nn2)CC1)N1CCN(S(=O)(=O)c2c(F)cccc2F)CC1. The molecule has 0 atom stereocenters. The van der Waals surface area contributed by atoms with Crippen molar-refractivity contribution in [3.63, 3.8) is 0 Å². The highest BCUT2D eigenvalue weighted by molar-refractivity contribution is 7.89. The third kappa shape index (κ3) is 4.55. The molecule has 1 amide bonds. The van der Waals surface area contributed by atoms with E-state index in [1.165, 1.54) is 0 Å². The zero-order chi connectivity index (χ0) is 22.9. The van der Waals surface area contributed by atoms with Gasteiger partial charge in [-0.2, -0.15) is 4.31 Å². The quantitative estimate of drug-likeness (QED) is 0.659. The lowest BCUT2D eigenvalue weighted by molar-refractivity contribution is -0.137. The standard InChI is InChI=1S/C20H22ClF2N5O3S/c21-17-4-5-18(25-24-17)26-8-6-14(7-9-26)20(29)27-10-12-28(13-11-27)32(30,31)19-15(22)2-1-3-16(19)23/h1-5,14H,6-13H2. The minimum atomic E-state index is -4.32. The summed E-state index contributed by atoms with van der Waals surface area (Å²) in [5, 5.41) is 8.22. The molecule has 0 saturated carbocycles. The Morgan fingerprint density at radius 2 is 1.56 bits per heavy atom. The van der Waals surface area contributed by atoms with Gasteiger partial charge in [0.1, 0.15) is 11.6 Å². The minimum Gasteiger partial charge on any atom is -0.355 e. The van der Waals surface area contributed by atoms with Crippen molar-refractivity contribution in [1.82, 2.24) is 19.4 Å². The number of hydrogen-bond donors (Lipinski definition) is 0. The number of anilines is 1. The van der Waals surface area contributed by atoms with Crippen molar-refractivity contribution in [3.8, 4) is 0 Å². The highest BCUT2D eigenvalue weighted by Crippen LogP contribution is 2.26. The zero-order valence-corrected chi connectivity index (χ0v) is 18.7. The fourth-order valence-electron chi connectivity index (χ4n) is 4.10. The van der Waals surface area contributed by atoms with E-state index in [1.807, 2.05) is 4.90 Å². The molecule has 8 nitrogen and oxygen atoms in total. The van der Waals surface area contributed by atoms with Gasteiger partial charge in [-0.05, 0) is 37.1 Å². The van der Waals surface area contributed by atoms with E-state index < -0.39 is 26.6 Å². The molecule has 172 valence electrons. The van der Waals surface area contributed by atoms with Gasteiger partial charge >= 0.3 is 0 Å². The second-order valence-electron chi connectivity index (χ2n) is 7.76. The van der Waals surface area contributed by atoms with Crippen LogP contribution in [0, 0.1) is 17.6 Å². The van der Waals surface area contributed by atoms with Crippen molar-refractivity contribution < 1.29 is 22.0 Å². The van der Waals surface area contributed by atoms with E-state index in [1.54, 1.807) is 17.0 Å². The van der Waals surface area contributed by atoms with Gasteiger partial charge in [-0.15, -0.1) is 10.2 Å². The van der Waals surface area contributed by atoms with Crippen LogP contribution in [0.25, 0.3) is 0 Å². The van der Waals surface area contributed by atoms with Gasteiger partial charge in [0.2, 0.25) is 15.9 Å². The maximum Gasteiger partial charge on any atom is 0.249 e. The summed E-state index contributed by atoms with van der Waals surface area (Å²) in [5.41, 5.74) is 0. The lowest BCUT2D eigenvalue weighted by Crippen LogP contribution is -2.53. The summed E-state index contributed by atoms with van der Waals surface area (Å²) in [6.07, 6.45) is 1.28. The van der Waals surface area contributed by atoms with Gasteiger partial charge in [-0.25, -0.2) is 17.2 Å². The maximum absolute atomic E-state index is 14.0. The Labute approximate surface area is 189 Å². The molecule has 0 radical (unpaired) electrons. The first-order chi connectivity index (χ1) is 15.3. The van der Waals surface area contributed by atoms with Crippen molar-refractivity contribution in [2.75, 3.05) is 44.2 Å². The van der Waals surface area contributed by atoms with Gasteiger partial charge < -0.3 is 9.80 Å². The van der Waals surface area contributed by atoms with Crippen LogP contribution in [-0.4, -0.2) is 73.0 Å². The number of nitrogens with zero attached hydrogens (tertiary/aromatic N) is 5. The number of aromatic nitrogens is 2. The first kappa shape index (κ1) is 22.8. The number of rotatable bonds is 4. The number of halogens is 3. The first-order valence-corrected chi connectivity index (χ1v) is 12.1. The summed E-state index contributed by atoms with van der Waals surface area (Å²) >= 11 is 5.77. The molecule has 2 fully saturated rings. The third-order valence-electron chi connectivity index (χ3n) is 5.85. The molecular weight excluding hydrogens is 464 g/mol. The predicted octanol–water partition coefficient (Wildman–Crippen LogP) is 2.16. The fourth-order valence-corrected chi connectivity index (χ4v) is 5.73. The fraction of sp³-hybridized carbons (Fsp3) is 0.450. The molecule has 2 aliphatic heterocycles. The molecule has 0 spiro atoms. The first-order valence-electron chi connectivity index (χ1n) is 10.2. The Balaban J connectivity index is 1.33. The minimum absolute atomic E-state index is 0.0128. The Bertz CT molecular complexity index is 1070. The number of piperazine rings is 1. The Kier molecular flexibility index (Phi) is 6.59. The van der Waals surface area contributed by atoms with Gasteiger partial charge in [0, 0.05) is 45.2 Å². The molecular formula is C20H22ClF2N5O3S. The van der Waals surface area contributed by atoms with Crippen LogP contribution in [0.1, 0.15) is 12.8 Å². The summed E-state index contributed by atoms with van der Waals surface area (Å²) in [4.78, 5) is 15.7. The normalized spacial score (nSPS) is 18.7. The van der Waals surface area contributed by atoms with E-state index in [2.05, 4.69) is 10.2 Å². The Hall–Kier alpha value is -2.37. The topological polar surface area (TPSA) is 86.7 Å². The molecule has 0 aliphatic carbocycles. The molecule has 2 aliphatic rings. The second kappa shape index (κ2) is 9.24. The smallest absolute Gasteiger partial charge is 0.249 e. The zero-order valence-electron chi connectivity index (χ0n) is 17.1. The van der Waals surface area contributed by atoms with Crippen molar-refractivity contribution >= 4 is 33.3 Å². The average molecular weight is 486 g/mol. The van der Waals surface area contributed by atoms with Gasteiger partial charge in [-0.3, -0.25) is 4.79 Å². The van der Waals surface area contributed by atoms with Crippen LogP contribution in [-0.2, 0) is 14.8 Å². The summed E-state index contributed by atoms with van der Waals surface area (Å²) < 4.78 is 54.4. The van der Waals surface area contributed by atoms with Gasteiger partial charge in [-0.1, -0.05) is 17.7 Å². The Morgan fingerprint density at radius 3 is 2.12 bits per heavy atom. The molecule has 4 rings (SSSR count). The highest BCUT2D eigenvalue weighted by Gasteiger charge is 2.36. The molecule has 2 aromatic rings. The van der Waals surface area contributed by atoms with Gasteiger partial charge in [0.15, 0.2) is 15.9 Å². The van der Waals surface area contributed by atoms with Crippen LogP contribution >= 0.6 is 11.6 Å². The largest absolute Gasteiger partial charge is 0.355 e. The summed E-state index contributed by atoms with van der Waals surface area (Å²) in [7, 11) is -4.32. The lowest BCUT2D eigenvalue weighted by Gasteiger charge is -2.38. The molecule has 0 unspecified atom stereocenters. The molecule has 0 N–H and O–H groups in total. The molecule has 1 aromatic carbocycles. The van der Waals surface area contributed by atoms with Gasteiger partial charge in [0.25, 0.3) is 0 Å². The molecule has 1 aromatic heterocycles. The maximum atomic E-state index is 14.0. The molecule has 0 bridgehead atoms. The third-order valence-corrected chi connectivity index (χ3v) is 8.01. The Morgan fingerprint density at radius 1 is 0.938 bits per heavy atom. The van der Waals surface area contributed by atoms with E-state index >= 15 is 0 Å². The van der Waals surface area contributed by atoms with E-state index in [4.69, 9.17) is 11.6 Å². The highest BCUT2D eigenvalue weighted by atomic mass is 35.5. The molecule has 12 heteroatoms. The number of carbonyl (C=O) groups excluding carboxylic acids is 1. The number of amides is 1. The number of piperidine rings is 1. The number of carbonyl (C=O) groups is 1. The van der Waals surface area contributed by atoms with Crippen molar-refractivity contribution in [2.24, 2.45) is 5.92 Å². The van der Waals surface area contributed by atoms with Crippen LogP contribution in [0.5, 0.6) is 0 Å². The molecule has 32 heavy (non-hydrogen) atoms. The molecule has 2 saturated heterocycles.